The number of likely N-dealkylation sites (N-methyl/N-ethyl adjacent to an activating group) is 1. The lowest BCUT2D eigenvalue weighted by Crippen LogP contribution is -2.59. The van der Waals surface area contributed by atoms with Crippen molar-refractivity contribution in [3.63, 3.8) is 0 Å². The molecule has 0 saturated carbocycles. The number of hydrogen-bond donors (Lipinski definition) is 3. The van der Waals surface area contributed by atoms with E-state index in [1.165, 1.54) is 18.2 Å². The predicted octanol–water partition coefficient (Wildman–Crippen LogP) is 4.96. The van der Waals surface area contributed by atoms with Gasteiger partial charge in [-0.3, -0.25) is 14.6 Å². The normalized spacial score (nSPS) is 19.0. The summed E-state index contributed by atoms with van der Waals surface area (Å²) in [4.78, 5) is 30.0. The Hall–Kier alpha value is -3.87. The molecule has 4 aromatic rings. The number of aryl methyl sites for hydroxylation is 1. The van der Waals surface area contributed by atoms with Gasteiger partial charge in [0.25, 0.3) is 0 Å². The number of benzene rings is 2. The first-order valence-corrected chi connectivity index (χ1v) is 16.2. The summed E-state index contributed by atoms with van der Waals surface area (Å²) < 4.78 is 38.9. The van der Waals surface area contributed by atoms with Crippen LogP contribution in [0.4, 0.5) is 21.7 Å². The van der Waals surface area contributed by atoms with Gasteiger partial charge in [-0.1, -0.05) is 25.1 Å². The zero-order valence-corrected chi connectivity index (χ0v) is 26.1. The van der Waals surface area contributed by atoms with E-state index in [2.05, 4.69) is 56.3 Å². The van der Waals surface area contributed by atoms with Crippen molar-refractivity contribution >= 4 is 44.0 Å². The lowest BCUT2D eigenvalue weighted by atomic mass is 10.0. The van der Waals surface area contributed by atoms with Crippen LogP contribution in [0.15, 0.2) is 53.7 Å². The fourth-order valence-electron chi connectivity index (χ4n) is 5.77. The number of aromatic amines is 1. The zero-order chi connectivity index (χ0) is 31.1. The zero-order valence-electron chi connectivity index (χ0n) is 25.3. The Bertz CT molecular complexity index is 1760. The molecule has 2 aromatic carbocycles. The lowest BCUT2D eigenvalue weighted by Gasteiger charge is -2.45. The molecule has 0 radical (unpaired) electrons. The highest BCUT2D eigenvalue weighted by Gasteiger charge is 2.33. The van der Waals surface area contributed by atoms with Gasteiger partial charge in [-0.05, 0) is 58.0 Å². The number of sulfone groups is 1. The van der Waals surface area contributed by atoms with Gasteiger partial charge in [-0.25, -0.2) is 22.8 Å². The van der Waals surface area contributed by atoms with Crippen LogP contribution in [0.5, 0.6) is 0 Å². The van der Waals surface area contributed by atoms with Crippen LogP contribution in [0.1, 0.15) is 32.8 Å². The van der Waals surface area contributed by atoms with E-state index < -0.39 is 20.5 Å². The van der Waals surface area contributed by atoms with Gasteiger partial charge in [0.15, 0.2) is 15.7 Å². The third kappa shape index (κ3) is 6.13. The number of halogens is 1. The van der Waals surface area contributed by atoms with E-state index in [1.807, 2.05) is 38.2 Å². The Balaban J connectivity index is 1.42. The number of H-pyrrole nitrogens is 1. The molecule has 0 spiro atoms. The molecular weight excluding hydrogens is 569 g/mol. The highest BCUT2D eigenvalue weighted by Crippen LogP contribution is 2.34. The average molecular weight is 608 g/mol. The van der Waals surface area contributed by atoms with Crippen LogP contribution in [0.25, 0.3) is 22.2 Å². The summed E-state index contributed by atoms with van der Waals surface area (Å²) in [5, 5.41) is 6.83. The SMILES string of the molecule is CCC(C(=O)Nc1cccc2c(-c3nc(Nc4cccc(S(C)(=O)=O)c4F)ncc3C)c[nH]c12)N1C[C@H](C)N(C)[C@@H](C)C1. The highest BCUT2D eigenvalue weighted by molar-refractivity contribution is 7.90. The van der Waals surface area contributed by atoms with Crippen molar-refractivity contribution < 1.29 is 17.6 Å². The number of nitrogens with one attached hydrogen (secondary N) is 3. The van der Waals surface area contributed by atoms with Gasteiger partial charge >= 0.3 is 0 Å². The van der Waals surface area contributed by atoms with Gasteiger partial charge < -0.3 is 15.6 Å². The molecule has 1 aliphatic heterocycles. The molecule has 0 aliphatic carbocycles. The van der Waals surface area contributed by atoms with Crippen molar-refractivity contribution in [2.45, 2.75) is 57.1 Å². The Morgan fingerprint density at radius 1 is 1.14 bits per heavy atom. The van der Waals surface area contributed by atoms with Crippen LogP contribution in [-0.2, 0) is 14.6 Å². The summed E-state index contributed by atoms with van der Waals surface area (Å²) in [5.41, 5.74) is 3.58. The van der Waals surface area contributed by atoms with Crippen molar-refractivity contribution in [1.29, 1.82) is 0 Å². The summed E-state index contributed by atoms with van der Waals surface area (Å²) in [6.07, 6.45) is 5.10. The Morgan fingerprint density at radius 3 is 2.49 bits per heavy atom. The molecule has 1 amide bonds. The minimum absolute atomic E-state index is 0.0434. The second kappa shape index (κ2) is 12.0. The fourth-order valence-corrected chi connectivity index (χ4v) is 6.53. The molecule has 1 aliphatic rings. The standard InChI is InChI=1S/C31H38FN7O3S/c1-7-25(39-16-19(3)38(5)20(4)17-39)30(40)35-24-12-8-10-21-22(15-33-29(21)24)28-18(2)14-34-31(37-28)36-23-11-9-13-26(27(23)32)43(6,41)42/h8-15,19-20,25,33H,7,16-17H2,1-6H3,(H,35,40)(H,34,36,37)/t19-,20-,25?/m0/s1. The first-order chi connectivity index (χ1) is 20.4. The number of amides is 1. The molecule has 1 saturated heterocycles. The molecule has 3 heterocycles. The lowest BCUT2D eigenvalue weighted by molar-refractivity contribution is -0.123. The maximum absolute atomic E-state index is 15.0. The number of piperazine rings is 1. The first kappa shape index (κ1) is 30.6. The Labute approximate surface area is 251 Å². The summed E-state index contributed by atoms with van der Waals surface area (Å²) in [6.45, 7) is 9.95. The summed E-state index contributed by atoms with van der Waals surface area (Å²) >= 11 is 0. The number of para-hydroxylation sites is 1. The largest absolute Gasteiger partial charge is 0.359 e. The number of fused-ring (bicyclic) bond motifs is 1. The van der Waals surface area contributed by atoms with Crippen molar-refractivity contribution in [3.8, 4) is 11.3 Å². The third-order valence-corrected chi connectivity index (χ3v) is 9.44. The maximum atomic E-state index is 15.0. The number of carbonyl (C=O) groups is 1. The molecule has 1 unspecified atom stereocenters. The molecule has 2 aromatic heterocycles. The van der Waals surface area contributed by atoms with E-state index in [0.29, 0.717) is 29.9 Å². The summed E-state index contributed by atoms with van der Waals surface area (Å²) in [6, 6.07) is 10.3. The summed E-state index contributed by atoms with van der Waals surface area (Å²) in [5.74, 6) is -0.822. The Morgan fingerprint density at radius 2 is 1.81 bits per heavy atom. The van der Waals surface area contributed by atoms with Gasteiger partial charge in [0.05, 0.1) is 28.6 Å². The fraction of sp³-hybridized carbons (Fsp3) is 0.387. The second-order valence-electron chi connectivity index (χ2n) is 11.4. The van der Waals surface area contributed by atoms with Crippen LogP contribution < -0.4 is 10.6 Å². The topological polar surface area (TPSA) is 123 Å². The first-order valence-electron chi connectivity index (χ1n) is 14.4. The van der Waals surface area contributed by atoms with E-state index in [-0.39, 0.29) is 23.6 Å². The number of hydrogen-bond acceptors (Lipinski definition) is 8. The molecule has 5 rings (SSSR count). The molecular formula is C31H38FN7O3S. The van der Waals surface area contributed by atoms with Crippen LogP contribution in [0.3, 0.4) is 0 Å². The van der Waals surface area contributed by atoms with Crippen molar-refractivity contribution in [2.24, 2.45) is 0 Å². The van der Waals surface area contributed by atoms with Crippen molar-refractivity contribution in [1.82, 2.24) is 24.8 Å². The average Bonchev–Trinajstić information content (AvgIpc) is 3.38. The summed E-state index contributed by atoms with van der Waals surface area (Å²) in [7, 11) is -1.62. The van der Waals surface area contributed by atoms with Crippen molar-refractivity contribution in [2.75, 3.05) is 37.0 Å². The monoisotopic (exact) mass is 607 g/mol. The van der Waals surface area contributed by atoms with Gasteiger partial charge in [-0.2, -0.15) is 0 Å². The minimum Gasteiger partial charge on any atom is -0.359 e. The molecule has 228 valence electrons. The van der Waals surface area contributed by atoms with E-state index >= 15 is 0 Å². The van der Waals surface area contributed by atoms with Crippen LogP contribution in [0, 0.1) is 12.7 Å². The van der Waals surface area contributed by atoms with E-state index in [0.717, 1.165) is 41.4 Å². The molecule has 0 bridgehead atoms. The maximum Gasteiger partial charge on any atom is 0.241 e. The molecule has 12 heteroatoms. The van der Waals surface area contributed by atoms with Crippen LogP contribution in [-0.4, -0.2) is 83.6 Å². The predicted molar refractivity (Wildman–Crippen MR) is 168 cm³/mol. The van der Waals surface area contributed by atoms with Crippen LogP contribution >= 0.6 is 0 Å². The highest BCUT2D eigenvalue weighted by atomic mass is 32.2. The molecule has 10 nitrogen and oxygen atoms in total. The number of rotatable bonds is 8. The quantitative estimate of drug-likeness (QED) is 0.257. The number of carbonyl (C=O) groups excluding carboxylic acids is 1. The minimum atomic E-state index is -3.75. The van der Waals surface area contributed by atoms with Crippen molar-refractivity contribution in [3.05, 3.63) is 60.2 Å². The van der Waals surface area contributed by atoms with E-state index in [1.54, 1.807) is 6.20 Å². The van der Waals surface area contributed by atoms with Gasteiger partial charge in [-0.15, -0.1) is 0 Å². The van der Waals surface area contributed by atoms with E-state index in [9.17, 15) is 17.6 Å². The number of aromatic nitrogens is 3. The third-order valence-electron chi connectivity index (χ3n) is 8.33. The molecule has 3 N–H and O–H groups in total. The van der Waals surface area contributed by atoms with Crippen LogP contribution in [0.2, 0.25) is 0 Å². The number of anilines is 3. The van der Waals surface area contributed by atoms with Gasteiger partial charge in [0.1, 0.15) is 4.90 Å². The molecule has 43 heavy (non-hydrogen) atoms. The molecule has 3 atom stereocenters. The molecule has 1 fully saturated rings. The van der Waals surface area contributed by atoms with E-state index in [4.69, 9.17) is 0 Å². The second-order valence-corrected chi connectivity index (χ2v) is 13.4. The number of nitrogens with zero attached hydrogens (tertiary/aromatic N) is 4. The van der Waals surface area contributed by atoms with Gasteiger partial charge in [0, 0.05) is 54.8 Å². The Kier molecular flexibility index (Phi) is 8.55. The smallest absolute Gasteiger partial charge is 0.241 e. The van der Waals surface area contributed by atoms with Gasteiger partial charge in [0.2, 0.25) is 11.9 Å².